The molecule has 0 saturated carbocycles. The number of thioether (sulfide) groups is 1. The predicted molar refractivity (Wildman–Crippen MR) is 157 cm³/mol. The number of aliphatic hydroxyl groups is 1. The Labute approximate surface area is 225 Å². The molecule has 4 nitrogen and oxygen atoms in total. The van der Waals surface area contributed by atoms with Gasteiger partial charge in [-0.3, -0.25) is 4.79 Å². The van der Waals surface area contributed by atoms with Gasteiger partial charge in [0.05, 0.1) is 17.1 Å². The molecule has 0 fully saturated rings. The van der Waals surface area contributed by atoms with Gasteiger partial charge in [-0.15, -0.1) is 11.8 Å². The smallest absolute Gasteiger partial charge is 0.150 e. The van der Waals surface area contributed by atoms with Crippen molar-refractivity contribution in [3.8, 4) is 28.2 Å². The third-order valence-corrected chi connectivity index (χ3v) is 7.07. The minimum Gasteiger partial charge on any atom is -0.400 e. The van der Waals surface area contributed by atoms with Crippen LogP contribution in [0.15, 0.2) is 77.7 Å². The molecule has 1 aromatic heterocycles. The highest BCUT2D eigenvalue weighted by Gasteiger charge is 2.23. The van der Waals surface area contributed by atoms with Crippen LogP contribution in [-0.4, -0.2) is 34.5 Å². The number of aromatic nitrogens is 2. The molecular weight excluding hydrogens is 476 g/mol. The summed E-state index contributed by atoms with van der Waals surface area (Å²) in [6.45, 7) is 13.6. The summed E-state index contributed by atoms with van der Waals surface area (Å²) >= 11 is 1.73. The highest BCUT2D eigenvalue weighted by atomic mass is 32.2. The van der Waals surface area contributed by atoms with E-state index in [-0.39, 0.29) is 10.8 Å². The normalized spacial score (nSPS) is 11.6. The highest BCUT2D eigenvalue weighted by molar-refractivity contribution is 7.98. The van der Waals surface area contributed by atoms with Crippen molar-refractivity contribution >= 4 is 18.0 Å². The maximum absolute atomic E-state index is 11.1. The Morgan fingerprint density at radius 3 is 1.76 bits per heavy atom. The maximum atomic E-state index is 11.1. The molecule has 1 N–H and O–H groups in total. The van der Waals surface area contributed by atoms with Gasteiger partial charge < -0.3 is 5.11 Å². The molecular formula is C32H38N2O2S. The van der Waals surface area contributed by atoms with Crippen molar-refractivity contribution in [2.75, 3.05) is 13.4 Å². The van der Waals surface area contributed by atoms with Gasteiger partial charge in [0.25, 0.3) is 0 Å². The lowest BCUT2D eigenvalue weighted by Gasteiger charge is -2.26. The summed E-state index contributed by atoms with van der Waals surface area (Å²) in [6, 6.07) is 25.2. The molecule has 5 heteroatoms. The monoisotopic (exact) mass is 514 g/mol. The molecule has 0 aliphatic carbocycles. The molecule has 194 valence electrons. The van der Waals surface area contributed by atoms with Crippen LogP contribution >= 0.6 is 11.8 Å². The van der Waals surface area contributed by atoms with Crippen LogP contribution in [0.1, 0.15) is 63.0 Å². The number of carbonyl (C=O) groups excluding carboxylic acids is 1. The predicted octanol–water partition coefficient (Wildman–Crippen LogP) is 7.94. The first kappa shape index (κ1) is 28.4. The quantitative estimate of drug-likeness (QED) is 0.217. The van der Waals surface area contributed by atoms with Crippen molar-refractivity contribution in [3.63, 3.8) is 0 Å². The van der Waals surface area contributed by atoms with E-state index in [0.29, 0.717) is 5.56 Å². The van der Waals surface area contributed by atoms with Gasteiger partial charge in [0.1, 0.15) is 6.29 Å². The molecule has 0 amide bonds. The number of benzene rings is 3. The minimum absolute atomic E-state index is 0.0222. The first-order valence-corrected chi connectivity index (χ1v) is 13.6. The Hall–Kier alpha value is -3.15. The Morgan fingerprint density at radius 1 is 0.757 bits per heavy atom. The number of hydrogen-bond acceptors (Lipinski definition) is 4. The van der Waals surface area contributed by atoms with E-state index in [9.17, 15) is 4.79 Å². The van der Waals surface area contributed by atoms with Gasteiger partial charge in [0, 0.05) is 28.7 Å². The Morgan fingerprint density at radius 2 is 1.30 bits per heavy atom. The zero-order valence-electron chi connectivity index (χ0n) is 23.2. The van der Waals surface area contributed by atoms with Gasteiger partial charge in [0.15, 0.2) is 0 Å². The van der Waals surface area contributed by atoms with Crippen LogP contribution < -0.4 is 0 Å². The second kappa shape index (κ2) is 11.5. The van der Waals surface area contributed by atoms with E-state index in [2.05, 4.69) is 96.3 Å². The summed E-state index contributed by atoms with van der Waals surface area (Å²) in [5.41, 5.74) is 8.41. The summed E-state index contributed by atoms with van der Waals surface area (Å²) in [5.74, 6) is 0. The summed E-state index contributed by atoms with van der Waals surface area (Å²) in [4.78, 5) is 12.4. The van der Waals surface area contributed by atoms with Crippen LogP contribution in [0.25, 0.3) is 28.2 Å². The number of aliphatic hydroxyl groups excluding tert-OH is 1. The van der Waals surface area contributed by atoms with Gasteiger partial charge >= 0.3 is 0 Å². The van der Waals surface area contributed by atoms with Crippen molar-refractivity contribution in [2.24, 2.45) is 0 Å². The number of nitrogens with zero attached hydrogens (tertiary/aromatic N) is 2. The standard InChI is InChI=1S/C31H34N2OS.CH4O/c1-30(2,3)24-16-23(17-25(18-24)31(4,5)6)29-19-28(22-10-8-21(20-34)9-11-22)32-33(29)26-12-14-27(35-7)15-13-26;1-2/h8-20H,1-7H3;2H,1H3. The Kier molecular flexibility index (Phi) is 8.83. The van der Waals surface area contributed by atoms with Gasteiger partial charge in [-0.25, -0.2) is 4.68 Å². The molecule has 0 radical (unpaired) electrons. The third-order valence-electron chi connectivity index (χ3n) is 6.33. The first-order chi connectivity index (χ1) is 17.5. The van der Waals surface area contributed by atoms with E-state index in [1.54, 1.807) is 11.8 Å². The van der Waals surface area contributed by atoms with Crippen molar-refractivity contribution in [1.29, 1.82) is 0 Å². The van der Waals surface area contributed by atoms with Crippen molar-refractivity contribution in [1.82, 2.24) is 9.78 Å². The lowest BCUT2D eigenvalue weighted by atomic mass is 9.79. The number of hydrogen-bond donors (Lipinski definition) is 1. The van der Waals surface area contributed by atoms with Gasteiger partial charge in [-0.2, -0.15) is 5.10 Å². The topological polar surface area (TPSA) is 55.1 Å². The van der Waals surface area contributed by atoms with Gasteiger partial charge in [0.2, 0.25) is 0 Å². The van der Waals surface area contributed by atoms with Crippen LogP contribution in [0.3, 0.4) is 0 Å². The fourth-order valence-electron chi connectivity index (χ4n) is 4.02. The number of carbonyl (C=O) groups is 1. The van der Waals surface area contributed by atoms with Crippen LogP contribution in [0.4, 0.5) is 0 Å². The molecule has 0 aliphatic rings. The molecule has 0 bridgehead atoms. The lowest BCUT2D eigenvalue weighted by molar-refractivity contribution is 0.112. The molecule has 0 saturated heterocycles. The largest absolute Gasteiger partial charge is 0.400 e. The van der Waals surface area contributed by atoms with Crippen LogP contribution in [0.2, 0.25) is 0 Å². The van der Waals surface area contributed by atoms with E-state index < -0.39 is 0 Å². The SMILES string of the molecule is CO.CSc1ccc(-n2nc(-c3ccc(C=O)cc3)cc2-c2cc(C(C)(C)C)cc(C(C)(C)C)c2)cc1. The van der Waals surface area contributed by atoms with E-state index >= 15 is 0 Å². The Bertz CT molecular complexity index is 1310. The van der Waals surface area contributed by atoms with Crippen molar-refractivity contribution in [2.45, 2.75) is 57.3 Å². The summed E-state index contributed by atoms with van der Waals surface area (Å²) in [5, 5.41) is 12.0. The molecule has 0 unspecified atom stereocenters. The van der Waals surface area contributed by atoms with Crippen LogP contribution in [0.5, 0.6) is 0 Å². The summed E-state index contributed by atoms with van der Waals surface area (Å²) < 4.78 is 2.04. The average molecular weight is 515 g/mol. The summed E-state index contributed by atoms with van der Waals surface area (Å²) in [7, 11) is 1.00. The van der Waals surface area contributed by atoms with Crippen molar-refractivity contribution < 1.29 is 9.90 Å². The maximum Gasteiger partial charge on any atom is 0.150 e. The molecule has 0 aliphatic heterocycles. The minimum atomic E-state index is 0.0222. The van der Waals surface area contributed by atoms with Gasteiger partial charge in [-0.05, 0) is 70.7 Å². The van der Waals surface area contributed by atoms with Crippen LogP contribution in [0, 0.1) is 0 Å². The molecule has 1 heterocycles. The second-order valence-corrected chi connectivity index (χ2v) is 11.9. The molecule has 37 heavy (non-hydrogen) atoms. The number of rotatable bonds is 5. The van der Waals surface area contributed by atoms with Gasteiger partial charge in [-0.1, -0.05) is 71.9 Å². The molecule has 0 spiro atoms. The second-order valence-electron chi connectivity index (χ2n) is 11.1. The Balaban J connectivity index is 0.00000186. The van der Waals surface area contributed by atoms with E-state index in [1.165, 1.54) is 16.0 Å². The average Bonchev–Trinajstić information content (AvgIpc) is 3.34. The fourth-order valence-corrected chi connectivity index (χ4v) is 4.43. The van der Waals surface area contributed by atoms with E-state index in [1.807, 2.05) is 28.9 Å². The zero-order valence-corrected chi connectivity index (χ0v) is 24.0. The molecule has 4 rings (SSSR count). The zero-order chi connectivity index (χ0) is 27.4. The fraction of sp³-hybridized carbons (Fsp3) is 0.312. The summed E-state index contributed by atoms with van der Waals surface area (Å²) in [6.07, 6.45) is 2.95. The molecule has 0 atom stereocenters. The van der Waals surface area contributed by atoms with E-state index in [4.69, 9.17) is 10.2 Å². The lowest BCUT2D eigenvalue weighted by Crippen LogP contribution is -2.16. The number of aldehydes is 1. The van der Waals surface area contributed by atoms with E-state index in [0.717, 1.165) is 41.6 Å². The first-order valence-electron chi connectivity index (χ1n) is 12.4. The molecule has 3 aromatic carbocycles. The van der Waals surface area contributed by atoms with Crippen molar-refractivity contribution in [3.05, 3.63) is 89.5 Å². The molecule has 4 aromatic rings. The van der Waals surface area contributed by atoms with Crippen LogP contribution in [-0.2, 0) is 10.8 Å². The highest BCUT2D eigenvalue weighted by Crippen LogP contribution is 2.36. The third kappa shape index (κ3) is 6.60.